The van der Waals surface area contributed by atoms with Gasteiger partial charge < -0.3 is 24.6 Å². The van der Waals surface area contributed by atoms with Crippen molar-refractivity contribution in [2.24, 2.45) is 0 Å². The van der Waals surface area contributed by atoms with Gasteiger partial charge in [-0.1, -0.05) is 11.8 Å². The summed E-state index contributed by atoms with van der Waals surface area (Å²) in [5, 5.41) is 22.9. The Morgan fingerprint density at radius 3 is 2.29 bits per heavy atom. The first-order valence-corrected chi connectivity index (χ1v) is 9.87. The summed E-state index contributed by atoms with van der Waals surface area (Å²) in [4.78, 5) is 1.88. The van der Waals surface area contributed by atoms with E-state index < -0.39 is 0 Å². The van der Waals surface area contributed by atoms with E-state index in [1.165, 1.54) is 11.8 Å². The number of nitriles is 1. The van der Waals surface area contributed by atoms with Crippen molar-refractivity contribution >= 4 is 17.4 Å². The molecular weight excluding hydrogens is 376 g/mol. The van der Waals surface area contributed by atoms with Crippen LogP contribution in [0.2, 0.25) is 0 Å². The van der Waals surface area contributed by atoms with Crippen LogP contribution in [0.25, 0.3) is 0 Å². The van der Waals surface area contributed by atoms with Crippen molar-refractivity contribution in [3.63, 3.8) is 0 Å². The van der Waals surface area contributed by atoms with Crippen molar-refractivity contribution in [2.75, 3.05) is 26.6 Å². The number of methoxy groups -OCH3 is 3. The van der Waals surface area contributed by atoms with Gasteiger partial charge in [0.15, 0.2) is 11.5 Å². The topological polar surface area (TPSA) is 83.7 Å². The van der Waals surface area contributed by atoms with Gasteiger partial charge in [-0.2, -0.15) is 5.26 Å². The highest BCUT2D eigenvalue weighted by molar-refractivity contribution is 7.99. The smallest absolute Gasteiger partial charge is 0.203 e. The van der Waals surface area contributed by atoms with Gasteiger partial charge in [0, 0.05) is 9.79 Å². The maximum Gasteiger partial charge on any atom is 0.203 e. The van der Waals surface area contributed by atoms with Crippen LogP contribution in [0.3, 0.4) is 0 Å². The number of benzene rings is 2. The minimum absolute atomic E-state index is 0.0199. The number of nitrogens with zero attached hydrogens (tertiary/aromatic N) is 1. The fourth-order valence-electron chi connectivity index (χ4n) is 3.36. The van der Waals surface area contributed by atoms with E-state index in [4.69, 9.17) is 14.2 Å². The van der Waals surface area contributed by atoms with Crippen LogP contribution in [0.5, 0.6) is 17.2 Å². The molecule has 1 fully saturated rings. The van der Waals surface area contributed by atoms with E-state index in [9.17, 15) is 10.4 Å². The molecule has 6 nitrogen and oxygen atoms in total. The summed E-state index contributed by atoms with van der Waals surface area (Å²) in [7, 11) is 4.74. The fraction of sp³-hybridized carbons (Fsp3) is 0.381. The van der Waals surface area contributed by atoms with Crippen LogP contribution in [0.1, 0.15) is 24.8 Å². The molecule has 1 saturated carbocycles. The predicted molar refractivity (Wildman–Crippen MR) is 109 cm³/mol. The van der Waals surface area contributed by atoms with Crippen LogP contribution in [0, 0.1) is 11.3 Å². The van der Waals surface area contributed by atoms with E-state index >= 15 is 0 Å². The molecule has 2 atom stereocenters. The Morgan fingerprint density at radius 2 is 1.75 bits per heavy atom. The monoisotopic (exact) mass is 400 g/mol. The van der Waals surface area contributed by atoms with Gasteiger partial charge in [-0.3, -0.25) is 0 Å². The lowest BCUT2D eigenvalue weighted by Crippen LogP contribution is -2.28. The fourth-order valence-corrected chi connectivity index (χ4v) is 4.28. The number of anilines is 1. The zero-order valence-electron chi connectivity index (χ0n) is 16.2. The van der Waals surface area contributed by atoms with Crippen molar-refractivity contribution < 1.29 is 19.3 Å². The van der Waals surface area contributed by atoms with E-state index in [0.29, 0.717) is 22.8 Å². The Labute approximate surface area is 169 Å². The molecule has 3 rings (SSSR count). The molecule has 2 N–H and O–H groups in total. The Balaban J connectivity index is 1.88. The molecule has 1 aliphatic carbocycles. The van der Waals surface area contributed by atoms with Gasteiger partial charge in [0.05, 0.1) is 44.7 Å². The number of nitrogens with one attached hydrogen (secondary N) is 1. The second-order valence-corrected chi connectivity index (χ2v) is 7.68. The average Bonchev–Trinajstić information content (AvgIpc) is 3.11. The number of hydrogen-bond donors (Lipinski definition) is 2. The molecule has 0 amide bonds. The Hall–Kier alpha value is -2.56. The van der Waals surface area contributed by atoms with Crippen molar-refractivity contribution in [1.82, 2.24) is 0 Å². The SMILES string of the molecule is COc1cc(Sc2ccc(C#N)c(NC3CCCC3O)c2)cc(OC)c1OC. The Kier molecular flexibility index (Phi) is 6.55. The molecule has 0 heterocycles. The molecule has 0 aromatic heterocycles. The summed E-state index contributed by atoms with van der Waals surface area (Å²) in [6.07, 6.45) is 2.30. The number of aliphatic hydroxyl groups excluding tert-OH is 1. The molecule has 0 bridgehead atoms. The minimum atomic E-state index is -0.377. The van der Waals surface area contributed by atoms with Gasteiger partial charge in [-0.15, -0.1) is 0 Å². The van der Waals surface area contributed by atoms with Crippen LogP contribution in [-0.4, -0.2) is 38.6 Å². The Morgan fingerprint density at radius 1 is 1.04 bits per heavy atom. The maximum atomic E-state index is 10.1. The third kappa shape index (κ3) is 4.29. The van der Waals surface area contributed by atoms with E-state index in [1.807, 2.05) is 24.3 Å². The zero-order chi connectivity index (χ0) is 20.1. The number of ether oxygens (including phenoxy) is 3. The minimum Gasteiger partial charge on any atom is -0.493 e. The van der Waals surface area contributed by atoms with Gasteiger partial charge in [-0.25, -0.2) is 0 Å². The molecule has 0 spiro atoms. The first kappa shape index (κ1) is 20.2. The number of rotatable bonds is 7. The highest BCUT2D eigenvalue weighted by Gasteiger charge is 2.25. The lowest BCUT2D eigenvalue weighted by Gasteiger charge is -2.19. The summed E-state index contributed by atoms with van der Waals surface area (Å²) in [5.74, 6) is 1.72. The number of aliphatic hydroxyl groups is 1. The maximum absolute atomic E-state index is 10.1. The number of hydrogen-bond acceptors (Lipinski definition) is 7. The molecule has 0 aliphatic heterocycles. The molecule has 2 unspecified atom stereocenters. The van der Waals surface area contributed by atoms with E-state index in [2.05, 4.69) is 11.4 Å². The highest BCUT2D eigenvalue weighted by atomic mass is 32.2. The molecule has 148 valence electrons. The highest BCUT2D eigenvalue weighted by Crippen LogP contribution is 2.43. The van der Waals surface area contributed by atoms with E-state index in [0.717, 1.165) is 34.7 Å². The van der Waals surface area contributed by atoms with Gasteiger partial charge >= 0.3 is 0 Å². The molecular formula is C21H24N2O4S. The van der Waals surface area contributed by atoms with E-state index in [1.54, 1.807) is 27.4 Å². The molecule has 1 aliphatic rings. The molecule has 28 heavy (non-hydrogen) atoms. The van der Waals surface area contributed by atoms with Crippen LogP contribution in [0.15, 0.2) is 40.1 Å². The third-order valence-electron chi connectivity index (χ3n) is 4.81. The van der Waals surface area contributed by atoms with Gasteiger partial charge in [0.2, 0.25) is 5.75 Å². The summed E-state index contributed by atoms with van der Waals surface area (Å²) in [6.45, 7) is 0. The van der Waals surface area contributed by atoms with Crippen LogP contribution >= 0.6 is 11.8 Å². The quantitative estimate of drug-likeness (QED) is 0.725. The normalized spacial score (nSPS) is 18.4. The molecule has 0 radical (unpaired) electrons. The van der Waals surface area contributed by atoms with Crippen LogP contribution in [-0.2, 0) is 0 Å². The summed E-state index contributed by atoms with van der Waals surface area (Å²) >= 11 is 1.53. The van der Waals surface area contributed by atoms with Crippen molar-refractivity contribution in [3.8, 4) is 23.3 Å². The third-order valence-corrected chi connectivity index (χ3v) is 5.77. The van der Waals surface area contributed by atoms with E-state index in [-0.39, 0.29) is 12.1 Å². The second-order valence-electron chi connectivity index (χ2n) is 6.53. The van der Waals surface area contributed by atoms with Crippen molar-refractivity contribution in [1.29, 1.82) is 5.26 Å². The molecule has 7 heteroatoms. The average molecular weight is 401 g/mol. The Bertz CT molecular complexity index is 856. The van der Waals surface area contributed by atoms with Gasteiger partial charge in [0.1, 0.15) is 6.07 Å². The molecule has 0 saturated heterocycles. The van der Waals surface area contributed by atoms with Crippen LogP contribution in [0.4, 0.5) is 5.69 Å². The summed E-state index contributed by atoms with van der Waals surface area (Å²) in [6, 6.07) is 11.6. The molecule has 2 aromatic rings. The largest absolute Gasteiger partial charge is 0.493 e. The summed E-state index contributed by atoms with van der Waals surface area (Å²) < 4.78 is 16.2. The predicted octanol–water partition coefficient (Wildman–Crippen LogP) is 4.06. The second kappa shape index (κ2) is 9.09. The molecule has 2 aromatic carbocycles. The first-order valence-electron chi connectivity index (χ1n) is 9.06. The first-order chi connectivity index (χ1) is 13.6. The van der Waals surface area contributed by atoms with Crippen molar-refractivity contribution in [3.05, 3.63) is 35.9 Å². The lowest BCUT2D eigenvalue weighted by atomic mass is 10.1. The van der Waals surface area contributed by atoms with Crippen LogP contribution < -0.4 is 19.5 Å². The zero-order valence-corrected chi connectivity index (χ0v) is 17.0. The van der Waals surface area contributed by atoms with Crippen molar-refractivity contribution in [2.45, 2.75) is 41.2 Å². The van der Waals surface area contributed by atoms with Gasteiger partial charge in [0.25, 0.3) is 0 Å². The van der Waals surface area contributed by atoms with Gasteiger partial charge in [-0.05, 0) is 49.6 Å². The summed E-state index contributed by atoms with van der Waals surface area (Å²) in [5.41, 5.74) is 1.30. The lowest BCUT2D eigenvalue weighted by molar-refractivity contribution is 0.172. The standard InChI is InChI=1S/C21H24N2O4S/c1-25-19-10-15(11-20(26-2)21(19)27-3)28-14-8-7-13(12-22)17(9-14)23-16-5-4-6-18(16)24/h7-11,16,18,23-24H,4-6H2,1-3H3.